The summed E-state index contributed by atoms with van der Waals surface area (Å²) in [7, 11) is 0. The summed E-state index contributed by atoms with van der Waals surface area (Å²) in [5.41, 5.74) is 2.19. The summed E-state index contributed by atoms with van der Waals surface area (Å²) in [5.74, 6) is 0.451. The number of fused-ring (bicyclic) bond motifs is 1. The number of phenols is 1. The highest BCUT2D eigenvalue weighted by Crippen LogP contribution is 2.24. The van der Waals surface area contributed by atoms with Gasteiger partial charge in [-0.15, -0.1) is 0 Å². The summed E-state index contributed by atoms with van der Waals surface area (Å²) in [4.78, 5) is 20.2. The SMILES string of the molecule is O=C(NCC1CCCCCC1)c1ccc2[nH]c(Cc3c(O)cccc3F)nc2c1. The van der Waals surface area contributed by atoms with Gasteiger partial charge in [-0.1, -0.05) is 31.7 Å². The Morgan fingerprint density at radius 3 is 2.72 bits per heavy atom. The number of imidazole rings is 1. The Hall–Kier alpha value is -2.89. The zero-order chi connectivity index (χ0) is 20.2. The van der Waals surface area contributed by atoms with Gasteiger partial charge in [-0.25, -0.2) is 9.37 Å². The van der Waals surface area contributed by atoms with E-state index >= 15 is 0 Å². The van der Waals surface area contributed by atoms with Crippen LogP contribution in [-0.2, 0) is 6.42 Å². The van der Waals surface area contributed by atoms with Crippen molar-refractivity contribution in [3.63, 3.8) is 0 Å². The first-order valence-corrected chi connectivity index (χ1v) is 10.3. The second kappa shape index (κ2) is 8.64. The molecule has 1 aromatic heterocycles. The van der Waals surface area contributed by atoms with E-state index in [9.17, 15) is 14.3 Å². The van der Waals surface area contributed by atoms with Gasteiger partial charge in [0, 0.05) is 24.1 Å². The normalized spacial score (nSPS) is 15.3. The zero-order valence-electron chi connectivity index (χ0n) is 16.4. The highest BCUT2D eigenvalue weighted by atomic mass is 19.1. The smallest absolute Gasteiger partial charge is 0.251 e. The van der Waals surface area contributed by atoms with E-state index < -0.39 is 5.82 Å². The minimum absolute atomic E-state index is 0.0903. The van der Waals surface area contributed by atoms with Crippen LogP contribution < -0.4 is 5.32 Å². The molecule has 1 fully saturated rings. The van der Waals surface area contributed by atoms with Crippen LogP contribution in [-0.4, -0.2) is 27.5 Å². The maximum atomic E-state index is 14.0. The van der Waals surface area contributed by atoms with Crippen molar-refractivity contribution < 1.29 is 14.3 Å². The van der Waals surface area contributed by atoms with Crippen molar-refractivity contribution in [1.82, 2.24) is 15.3 Å². The van der Waals surface area contributed by atoms with Gasteiger partial charge in [0.05, 0.1) is 11.0 Å². The van der Waals surface area contributed by atoms with Crippen molar-refractivity contribution in [2.75, 3.05) is 6.54 Å². The summed E-state index contributed by atoms with van der Waals surface area (Å²) < 4.78 is 14.0. The molecule has 4 rings (SSSR count). The lowest BCUT2D eigenvalue weighted by molar-refractivity contribution is 0.0946. The van der Waals surface area contributed by atoms with Gasteiger partial charge in [-0.3, -0.25) is 4.79 Å². The van der Waals surface area contributed by atoms with Crippen molar-refractivity contribution in [2.45, 2.75) is 44.9 Å². The fraction of sp³-hybridized carbons (Fsp3) is 0.391. The van der Waals surface area contributed by atoms with Gasteiger partial charge in [-0.05, 0) is 49.1 Å². The first kappa shape index (κ1) is 19.4. The lowest BCUT2D eigenvalue weighted by Crippen LogP contribution is -2.29. The average Bonchev–Trinajstić information content (AvgIpc) is 2.93. The first-order valence-electron chi connectivity index (χ1n) is 10.3. The van der Waals surface area contributed by atoms with E-state index in [2.05, 4.69) is 15.3 Å². The summed E-state index contributed by atoms with van der Waals surface area (Å²) in [5, 5.41) is 13.0. The Morgan fingerprint density at radius 1 is 1.17 bits per heavy atom. The van der Waals surface area contributed by atoms with Crippen LogP contribution in [0.3, 0.4) is 0 Å². The van der Waals surface area contributed by atoms with Gasteiger partial charge in [0.2, 0.25) is 0 Å². The molecule has 1 amide bonds. The van der Waals surface area contributed by atoms with E-state index in [1.807, 2.05) is 6.07 Å². The number of aromatic nitrogens is 2. The number of halogens is 1. The molecule has 1 aliphatic rings. The third kappa shape index (κ3) is 4.58. The van der Waals surface area contributed by atoms with Crippen LogP contribution in [0.1, 0.15) is 60.3 Å². The van der Waals surface area contributed by atoms with Crippen LogP contribution in [0.25, 0.3) is 11.0 Å². The van der Waals surface area contributed by atoms with Crippen LogP contribution in [0.15, 0.2) is 36.4 Å². The Kier molecular flexibility index (Phi) is 5.79. The van der Waals surface area contributed by atoms with E-state index in [-0.39, 0.29) is 23.6 Å². The molecular formula is C23H26FN3O2. The largest absolute Gasteiger partial charge is 0.508 e. The number of hydrogen-bond donors (Lipinski definition) is 3. The van der Waals surface area contributed by atoms with Gasteiger partial charge in [0.15, 0.2) is 0 Å². The summed E-state index contributed by atoms with van der Waals surface area (Å²) in [6.07, 6.45) is 7.62. The molecular weight excluding hydrogens is 369 g/mol. The monoisotopic (exact) mass is 395 g/mol. The molecule has 1 aliphatic carbocycles. The second-order valence-electron chi connectivity index (χ2n) is 7.90. The third-order valence-corrected chi connectivity index (χ3v) is 5.76. The fourth-order valence-electron chi connectivity index (χ4n) is 4.08. The molecule has 1 saturated carbocycles. The first-order chi connectivity index (χ1) is 14.1. The van der Waals surface area contributed by atoms with E-state index in [1.54, 1.807) is 12.1 Å². The van der Waals surface area contributed by atoms with Gasteiger partial charge in [-0.2, -0.15) is 0 Å². The lowest BCUT2D eigenvalue weighted by atomic mass is 10.0. The van der Waals surface area contributed by atoms with Crippen molar-refractivity contribution >= 4 is 16.9 Å². The fourth-order valence-corrected chi connectivity index (χ4v) is 4.08. The van der Waals surface area contributed by atoms with Gasteiger partial charge >= 0.3 is 0 Å². The Balaban J connectivity index is 1.45. The molecule has 5 nitrogen and oxygen atoms in total. The van der Waals surface area contributed by atoms with Crippen molar-refractivity contribution in [1.29, 1.82) is 0 Å². The number of aromatic hydroxyl groups is 1. The van der Waals surface area contributed by atoms with E-state index in [4.69, 9.17) is 0 Å². The minimum Gasteiger partial charge on any atom is -0.508 e. The standard InChI is InChI=1S/C23H26FN3O2/c24-18-8-5-9-21(28)17(18)13-22-26-19-11-10-16(12-20(19)27-22)23(29)25-14-15-6-3-1-2-4-7-15/h5,8-12,15,28H,1-4,6-7,13-14H2,(H,25,29)(H,26,27). The maximum absolute atomic E-state index is 14.0. The molecule has 3 aromatic rings. The molecule has 152 valence electrons. The predicted molar refractivity (Wildman–Crippen MR) is 110 cm³/mol. The Labute approximate surface area is 169 Å². The van der Waals surface area contributed by atoms with Crippen LogP contribution in [0.4, 0.5) is 4.39 Å². The number of H-pyrrole nitrogens is 1. The quantitative estimate of drug-likeness (QED) is 0.548. The number of carbonyl (C=O) groups excluding carboxylic acids is 1. The molecule has 0 atom stereocenters. The van der Waals surface area contributed by atoms with E-state index in [0.717, 1.165) is 12.1 Å². The molecule has 0 unspecified atom stereocenters. The number of nitrogens with one attached hydrogen (secondary N) is 2. The summed E-state index contributed by atoms with van der Waals surface area (Å²) in [6, 6.07) is 9.57. The van der Waals surface area contributed by atoms with Crippen molar-refractivity contribution in [2.24, 2.45) is 5.92 Å². The van der Waals surface area contributed by atoms with Crippen LogP contribution >= 0.6 is 0 Å². The van der Waals surface area contributed by atoms with Crippen molar-refractivity contribution in [3.05, 3.63) is 59.2 Å². The lowest BCUT2D eigenvalue weighted by Gasteiger charge is -2.14. The number of hydrogen-bond acceptors (Lipinski definition) is 3. The summed E-state index contributed by atoms with van der Waals surface area (Å²) >= 11 is 0. The number of phenolic OH excluding ortho intramolecular Hbond substituents is 1. The molecule has 6 heteroatoms. The summed E-state index contributed by atoms with van der Waals surface area (Å²) in [6.45, 7) is 0.718. The number of benzene rings is 2. The Morgan fingerprint density at radius 2 is 1.97 bits per heavy atom. The maximum Gasteiger partial charge on any atom is 0.251 e. The van der Waals surface area contributed by atoms with E-state index in [0.29, 0.717) is 22.8 Å². The molecule has 0 aliphatic heterocycles. The molecule has 0 saturated heterocycles. The van der Waals surface area contributed by atoms with E-state index in [1.165, 1.54) is 56.7 Å². The molecule has 0 bridgehead atoms. The number of nitrogens with zero attached hydrogens (tertiary/aromatic N) is 1. The van der Waals surface area contributed by atoms with Crippen LogP contribution in [0.5, 0.6) is 5.75 Å². The minimum atomic E-state index is -0.468. The van der Waals surface area contributed by atoms with Crippen LogP contribution in [0, 0.1) is 11.7 Å². The number of rotatable bonds is 5. The third-order valence-electron chi connectivity index (χ3n) is 5.76. The highest BCUT2D eigenvalue weighted by molar-refractivity contribution is 5.97. The van der Waals surface area contributed by atoms with Gasteiger partial charge < -0.3 is 15.4 Å². The predicted octanol–water partition coefficient (Wildman–Crippen LogP) is 4.70. The molecule has 29 heavy (non-hydrogen) atoms. The number of amides is 1. The topological polar surface area (TPSA) is 78.0 Å². The molecule has 1 heterocycles. The molecule has 0 radical (unpaired) electrons. The number of carbonyl (C=O) groups is 1. The molecule has 2 aromatic carbocycles. The molecule has 3 N–H and O–H groups in total. The van der Waals surface area contributed by atoms with Crippen molar-refractivity contribution in [3.8, 4) is 5.75 Å². The highest BCUT2D eigenvalue weighted by Gasteiger charge is 2.16. The zero-order valence-corrected chi connectivity index (χ0v) is 16.4. The number of aromatic amines is 1. The van der Waals surface area contributed by atoms with Gasteiger partial charge in [0.1, 0.15) is 17.4 Å². The van der Waals surface area contributed by atoms with Gasteiger partial charge in [0.25, 0.3) is 5.91 Å². The average molecular weight is 395 g/mol. The Bertz CT molecular complexity index is 986. The second-order valence-corrected chi connectivity index (χ2v) is 7.90. The van der Waals surface area contributed by atoms with Crippen LogP contribution in [0.2, 0.25) is 0 Å². The molecule has 0 spiro atoms.